The zero-order valence-corrected chi connectivity index (χ0v) is 18.8. The molecule has 3 heterocycles. The molecule has 5 rings (SSSR count). The van der Waals surface area contributed by atoms with Crippen LogP contribution in [-0.4, -0.2) is 63.3 Å². The average molecular weight is 446 g/mol. The van der Waals surface area contributed by atoms with E-state index in [4.69, 9.17) is 9.84 Å². The molecular weight excluding hydrogens is 418 g/mol. The summed E-state index contributed by atoms with van der Waals surface area (Å²) in [5, 5.41) is 7.32. The highest BCUT2D eigenvalue weighted by Crippen LogP contribution is 2.28. The van der Waals surface area contributed by atoms with Gasteiger partial charge in [0.1, 0.15) is 11.8 Å². The molecule has 8 heteroatoms. The number of aromatic nitrogens is 2. The fourth-order valence-corrected chi connectivity index (χ4v) is 4.40. The molecule has 2 fully saturated rings. The van der Waals surface area contributed by atoms with E-state index >= 15 is 0 Å². The smallest absolute Gasteiger partial charge is 0.324 e. The maximum Gasteiger partial charge on any atom is 0.324 e. The molecule has 0 bridgehead atoms. The zero-order valence-electron chi connectivity index (χ0n) is 18.8. The Balaban J connectivity index is 1.44. The third-order valence-corrected chi connectivity index (χ3v) is 5.96. The first kappa shape index (κ1) is 21.2. The standard InChI is InChI=1S/C25H27N5O3/c1-17(2)33-21-10-8-18(9-11-21)23-19(15-30(27-23)20-6-4-3-5-7-20)14-28-12-13-29-22(16-28)24(31)26-25(29)32/h3-11,15,17,22H,12-14,16H2,1-2H3,(H,26,31,32)/t22-/m1/s1. The molecule has 3 amide bonds. The maximum absolute atomic E-state index is 12.2. The molecule has 0 saturated carbocycles. The van der Waals surface area contributed by atoms with Crippen LogP contribution in [0.25, 0.3) is 16.9 Å². The molecule has 2 aliphatic heterocycles. The lowest BCUT2D eigenvalue weighted by Crippen LogP contribution is -2.52. The summed E-state index contributed by atoms with van der Waals surface area (Å²) >= 11 is 0. The number of benzene rings is 2. The number of imide groups is 1. The van der Waals surface area contributed by atoms with Crippen LogP contribution in [-0.2, 0) is 11.3 Å². The maximum atomic E-state index is 12.2. The highest BCUT2D eigenvalue weighted by molar-refractivity contribution is 6.04. The summed E-state index contributed by atoms with van der Waals surface area (Å²) in [5.74, 6) is 0.608. The lowest BCUT2D eigenvalue weighted by Gasteiger charge is -2.35. The van der Waals surface area contributed by atoms with E-state index in [9.17, 15) is 9.59 Å². The van der Waals surface area contributed by atoms with E-state index in [0.717, 1.165) is 28.3 Å². The van der Waals surface area contributed by atoms with Gasteiger partial charge in [0.05, 0.1) is 17.5 Å². The van der Waals surface area contributed by atoms with Crippen molar-refractivity contribution in [2.24, 2.45) is 0 Å². The average Bonchev–Trinajstić information content (AvgIpc) is 3.35. The van der Waals surface area contributed by atoms with Gasteiger partial charge in [-0.1, -0.05) is 18.2 Å². The molecule has 1 aromatic heterocycles. The van der Waals surface area contributed by atoms with Gasteiger partial charge < -0.3 is 9.64 Å². The molecule has 3 aromatic rings. The first-order valence-electron chi connectivity index (χ1n) is 11.2. The summed E-state index contributed by atoms with van der Waals surface area (Å²) in [6.45, 7) is 6.39. The number of carbonyl (C=O) groups excluding carboxylic acids is 2. The second-order valence-corrected chi connectivity index (χ2v) is 8.71. The Morgan fingerprint density at radius 3 is 2.55 bits per heavy atom. The molecule has 2 aromatic carbocycles. The van der Waals surface area contributed by atoms with Crippen LogP contribution in [0.3, 0.4) is 0 Å². The van der Waals surface area contributed by atoms with Crippen molar-refractivity contribution in [3.8, 4) is 22.7 Å². The highest BCUT2D eigenvalue weighted by Gasteiger charge is 2.42. The van der Waals surface area contributed by atoms with Crippen molar-refractivity contribution in [3.63, 3.8) is 0 Å². The first-order valence-corrected chi connectivity index (χ1v) is 11.2. The van der Waals surface area contributed by atoms with Crippen molar-refractivity contribution in [2.75, 3.05) is 19.6 Å². The minimum atomic E-state index is -0.425. The topological polar surface area (TPSA) is 79.7 Å². The van der Waals surface area contributed by atoms with Gasteiger partial charge in [0.25, 0.3) is 5.91 Å². The lowest BCUT2D eigenvalue weighted by molar-refractivity contribution is -0.122. The molecule has 170 valence electrons. The number of piperazine rings is 1. The number of nitrogens with zero attached hydrogens (tertiary/aromatic N) is 4. The molecule has 2 aliphatic rings. The van der Waals surface area contributed by atoms with Crippen LogP contribution in [0.5, 0.6) is 5.75 Å². The highest BCUT2D eigenvalue weighted by atomic mass is 16.5. The second kappa shape index (κ2) is 8.71. The Labute approximate surface area is 192 Å². The van der Waals surface area contributed by atoms with E-state index in [2.05, 4.69) is 16.4 Å². The molecule has 0 radical (unpaired) electrons. The summed E-state index contributed by atoms with van der Waals surface area (Å²) in [5.41, 5.74) is 3.94. The van der Waals surface area contributed by atoms with Crippen LogP contribution < -0.4 is 10.1 Å². The van der Waals surface area contributed by atoms with Crippen molar-refractivity contribution in [3.05, 3.63) is 66.4 Å². The minimum Gasteiger partial charge on any atom is -0.491 e. The molecule has 2 saturated heterocycles. The fraction of sp³-hybridized carbons (Fsp3) is 0.320. The second-order valence-electron chi connectivity index (χ2n) is 8.71. The third kappa shape index (κ3) is 4.34. The molecule has 0 aliphatic carbocycles. The van der Waals surface area contributed by atoms with Crippen molar-refractivity contribution in [1.82, 2.24) is 24.9 Å². The number of para-hydroxylation sites is 1. The number of fused-ring (bicyclic) bond motifs is 1. The predicted octanol–water partition coefficient (Wildman–Crippen LogP) is 3.06. The predicted molar refractivity (Wildman–Crippen MR) is 124 cm³/mol. The van der Waals surface area contributed by atoms with Crippen LogP contribution in [0.2, 0.25) is 0 Å². The normalized spacial score (nSPS) is 18.5. The van der Waals surface area contributed by atoms with Crippen molar-refractivity contribution in [2.45, 2.75) is 32.5 Å². The van der Waals surface area contributed by atoms with E-state index < -0.39 is 6.04 Å². The van der Waals surface area contributed by atoms with Crippen LogP contribution in [0.1, 0.15) is 19.4 Å². The Bertz CT molecular complexity index is 1160. The molecule has 33 heavy (non-hydrogen) atoms. The number of rotatable bonds is 6. The minimum absolute atomic E-state index is 0.113. The molecule has 0 unspecified atom stereocenters. The van der Waals surface area contributed by atoms with Crippen LogP contribution in [0.4, 0.5) is 4.79 Å². The van der Waals surface area contributed by atoms with E-state index in [1.807, 2.05) is 73.1 Å². The Morgan fingerprint density at radius 2 is 1.82 bits per heavy atom. The van der Waals surface area contributed by atoms with Crippen LogP contribution in [0, 0.1) is 0 Å². The first-order chi connectivity index (χ1) is 16.0. The largest absolute Gasteiger partial charge is 0.491 e. The third-order valence-electron chi connectivity index (χ3n) is 5.96. The van der Waals surface area contributed by atoms with E-state index in [1.54, 1.807) is 4.90 Å². The van der Waals surface area contributed by atoms with Gasteiger partial charge in [-0.15, -0.1) is 0 Å². The van der Waals surface area contributed by atoms with E-state index in [0.29, 0.717) is 26.2 Å². The van der Waals surface area contributed by atoms with Crippen molar-refractivity contribution < 1.29 is 14.3 Å². The summed E-state index contributed by atoms with van der Waals surface area (Å²) in [7, 11) is 0. The van der Waals surface area contributed by atoms with Crippen molar-refractivity contribution in [1.29, 1.82) is 0 Å². The number of amides is 3. The van der Waals surface area contributed by atoms with Gasteiger partial charge in [-0.05, 0) is 50.2 Å². The van der Waals surface area contributed by atoms with E-state index in [-0.39, 0.29) is 18.0 Å². The zero-order chi connectivity index (χ0) is 22.9. The van der Waals surface area contributed by atoms with Crippen LogP contribution >= 0.6 is 0 Å². The van der Waals surface area contributed by atoms with Gasteiger partial charge in [0.2, 0.25) is 0 Å². The summed E-state index contributed by atoms with van der Waals surface area (Å²) in [4.78, 5) is 27.9. The monoisotopic (exact) mass is 445 g/mol. The van der Waals surface area contributed by atoms with Gasteiger partial charge in [-0.2, -0.15) is 5.10 Å². The van der Waals surface area contributed by atoms with Gasteiger partial charge >= 0.3 is 6.03 Å². The number of hydrogen-bond donors (Lipinski definition) is 1. The molecule has 1 atom stereocenters. The van der Waals surface area contributed by atoms with Crippen LogP contribution in [0.15, 0.2) is 60.8 Å². The molecular formula is C25H27N5O3. The van der Waals surface area contributed by atoms with Gasteiger partial charge in [0, 0.05) is 43.5 Å². The summed E-state index contributed by atoms with van der Waals surface area (Å²) < 4.78 is 7.68. The van der Waals surface area contributed by atoms with E-state index in [1.165, 1.54) is 0 Å². The Kier molecular flexibility index (Phi) is 5.60. The lowest BCUT2D eigenvalue weighted by atomic mass is 10.1. The number of nitrogens with one attached hydrogen (secondary N) is 1. The quantitative estimate of drug-likeness (QED) is 0.590. The number of carbonyl (C=O) groups is 2. The fourth-order valence-electron chi connectivity index (χ4n) is 4.40. The Morgan fingerprint density at radius 1 is 1.06 bits per heavy atom. The van der Waals surface area contributed by atoms with Gasteiger partial charge in [0.15, 0.2) is 0 Å². The number of urea groups is 1. The number of ether oxygens (including phenoxy) is 1. The summed E-state index contributed by atoms with van der Waals surface area (Å²) in [6, 6.07) is 17.3. The number of hydrogen-bond acceptors (Lipinski definition) is 5. The molecule has 8 nitrogen and oxygen atoms in total. The Hall–Kier alpha value is -3.65. The summed E-state index contributed by atoms with van der Waals surface area (Å²) in [6.07, 6.45) is 2.16. The van der Waals surface area contributed by atoms with Crippen molar-refractivity contribution >= 4 is 11.9 Å². The SMILES string of the molecule is CC(C)Oc1ccc(-c2nn(-c3ccccc3)cc2CN2CCN3C(=O)NC(=O)[C@H]3C2)cc1. The molecule has 1 N–H and O–H groups in total. The van der Waals surface area contributed by atoms with Gasteiger partial charge in [-0.25, -0.2) is 9.48 Å². The molecule has 0 spiro atoms. The van der Waals surface area contributed by atoms with Gasteiger partial charge in [-0.3, -0.25) is 15.0 Å².